The maximum atomic E-state index is 13.7. The van der Waals surface area contributed by atoms with Crippen LogP contribution < -0.4 is 14.9 Å². The lowest BCUT2D eigenvalue weighted by molar-refractivity contribution is -0.152. The SMILES string of the molecule is CC(C)(C)OC(=O)CN(c1cccc(Cl)c1)S(=O)(=O)c1cccc(C(=O)NCCCNC(=O)OCc2ccccc2)c1. The first kappa shape index (κ1) is 32.4. The van der Waals surface area contributed by atoms with Crippen LogP contribution in [-0.4, -0.2) is 51.6 Å². The maximum absolute atomic E-state index is 13.7. The molecule has 0 aliphatic rings. The number of amides is 2. The summed E-state index contributed by atoms with van der Waals surface area (Å²) in [6.45, 7) is 5.08. The molecule has 12 heteroatoms. The number of benzene rings is 3. The second-order valence-corrected chi connectivity index (χ2v) is 12.5. The highest BCUT2D eigenvalue weighted by molar-refractivity contribution is 7.92. The number of nitrogens with one attached hydrogen (secondary N) is 2. The number of hydrogen-bond acceptors (Lipinski definition) is 7. The highest BCUT2D eigenvalue weighted by atomic mass is 35.5. The van der Waals surface area contributed by atoms with Gasteiger partial charge in [0.1, 0.15) is 18.8 Å². The molecule has 0 radical (unpaired) electrons. The zero-order chi connectivity index (χ0) is 30.8. The molecule has 0 spiro atoms. The van der Waals surface area contributed by atoms with Crippen LogP contribution in [0.25, 0.3) is 0 Å². The molecule has 0 fully saturated rings. The first-order valence-electron chi connectivity index (χ1n) is 13.2. The van der Waals surface area contributed by atoms with Crippen LogP contribution in [0.2, 0.25) is 5.02 Å². The first-order valence-corrected chi connectivity index (χ1v) is 15.0. The number of anilines is 1. The molecule has 3 aromatic rings. The Hall–Kier alpha value is -4.09. The summed E-state index contributed by atoms with van der Waals surface area (Å²) in [5, 5.41) is 5.60. The molecule has 42 heavy (non-hydrogen) atoms. The second kappa shape index (κ2) is 14.7. The average Bonchev–Trinajstić information content (AvgIpc) is 2.94. The van der Waals surface area contributed by atoms with E-state index in [-0.39, 0.29) is 40.9 Å². The number of halogens is 1. The van der Waals surface area contributed by atoms with Gasteiger partial charge in [-0.25, -0.2) is 13.2 Å². The van der Waals surface area contributed by atoms with Gasteiger partial charge in [-0.1, -0.05) is 54.1 Å². The Morgan fingerprint density at radius 2 is 1.57 bits per heavy atom. The van der Waals surface area contributed by atoms with Crippen molar-refractivity contribution in [1.29, 1.82) is 0 Å². The summed E-state index contributed by atoms with van der Waals surface area (Å²) in [5.41, 5.74) is 0.314. The van der Waals surface area contributed by atoms with Crippen LogP contribution in [-0.2, 0) is 30.9 Å². The fraction of sp³-hybridized carbons (Fsp3) is 0.300. The Labute approximate surface area is 251 Å². The van der Waals surface area contributed by atoms with Crippen LogP contribution in [0.4, 0.5) is 10.5 Å². The lowest BCUT2D eigenvalue weighted by Crippen LogP contribution is -2.39. The number of alkyl carbamates (subject to hydrolysis) is 1. The summed E-state index contributed by atoms with van der Waals surface area (Å²) in [6, 6.07) is 20.8. The largest absolute Gasteiger partial charge is 0.459 e. The van der Waals surface area contributed by atoms with Gasteiger partial charge in [0.2, 0.25) is 0 Å². The molecule has 3 aromatic carbocycles. The van der Waals surface area contributed by atoms with E-state index in [1.54, 1.807) is 32.9 Å². The normalized spacial score (nSPS) is 11.3. The predicted octanol–water partition coefficient (Wildman–Crippen LogP) is 4.92. The maximum Gasteiger partial charge on any atom is 0.407 e. The molecular formula is C30H34ClN3O7S. The minimum atomic E-state index is -4.31. The molecule has 10 nitrogen and oxygen atoms in total. The standard InChI is InChI=1S/C30H34ClN3O7S/c1-30(2,3)41-27(35)20-34(25-14-8-13-24(31)19-25)42(38,39)26-15-7-12-23(18-26)28(36)32-16-9-17-33-29(37)40-21-22-10-5-4-6-11-22/h4-8,10-15,18-19H,9,16-17,20-21H2,1-3H3,(H,32,36)(H,33,37). The van der Waals surface area contributed by atoms with Gasteiger partial charge in [0, 0.05) is 23.7 Å². The number of rotatable bonds is 12. The van der Waals surface area contributed by atoms with E-state index >= 15 is 0 Å². The molecule has 0 unspecified atom stereocenters. The summed E-state index contributed by atoms with van der Waals surface area (Å²) >= 11 is 6.10. The predicted molar refractivity (Wildman–Crippen MR) is 160 cm³/mol. The number of nitrogens with zero attached hydrogens (tertiary/aromatic N) is 1. The Bertz CT molecular complexity index is 1490. The molecule has 0 aliphatic carbocycles. The van der Waals surface area contributed by atoms with Crippen molar-refractivity contribution >= 4 is 45.3 Å². The van der Waals surface area contributed by atoms with Gasteiger partial charge >= 0.3 is 12.1 Å². The van der Waals surface area contributed by atoms with Crippen molar-refractivity contribution < 1.29 is 32.3 Å². The van der Waals surface area contributed by atoms with E-state index < -0.39 is 40.1 Å². The van der Waals surface area contributed by atoms with Crippen LogP contribution in [0.3, 0.4) is 0 Å². The van der Waals surface area contributed by atoms with E-state index in [0.29, 0.717) is 6.42 Å². The monoisotopic (exact) mass is 615 g/mol. The van der Waals surface area contributed by atoms with Gasteiger partial charge in [0.25, 0.3) is 15.9 Å². The quantitative estimate of drug-likeness (QED) is 0.218. The molecule has 0 atom stereocenters. The van der Waals surface area contributed by atoms with Crippen molar-refractivity contribution in [1.82, 2.24) is 10.6 Å². The van der Waals surface area contributed by atoms with E-state index in [1.165, 1.54) is 36.4 Å². The van der Waals surface area contributed by atoms with E-state index in [1.807, 2.05) is 30.3 Å². The fourth-order valence-electron chi connectivity index (χ4n) is 3.72. The van der Waals surface area contributed by atoms with Crippen LogP contribution in [0.5, 0.6) is 0 Å². The second-order valence-electron chi connectivity index (χ2n) is 10.2. The van der Waals surface area contributed by atoms with Crippen LogP contribution in [0.1, 0.15) is 43.1 Å². The summed E-state index contributed by atoms with van der Waals surface area (Å²) in [6.07, 6.45) is -0.151. The third kappa shape index (κ3) is 10.1. The van der Waals surface area contributed by atoms with E-state index in [9.17, 15) is 22.8 Å². The van der Waals surface area contributed by atoms with Crippen molar-refractivity contribution in [2.75, 3.05) is 23.9 Å². The van der Waals surface area contributed by atoms with Crippen molar-refractivity contribution in [3.63, 3.8) is 0 Å². The van der Waals surface area contributed by atoms with E-state index in [0.717, 1.165) is 9.87 Å². The van der Waals surface area contributed by atoms with Gasteiger partial charge in [-0.3, -0.25) is 13.9 Å². The smallest absolute Gasteiger partial charge is 0.407 e. The van der Waals surface area contributed by atoms with Crippen LogP contribution in [0, 0.1) is 0 Å². The molecule has 0 aliphatic heterocycles. The van der Waals surface area contributed by atoms with Crippen LogP contribution >= 0.6 is 11.6 Å². The van der Waals surface area contributed by atoms with Crippen molar-refractivity contribution in [3.8, 4) is 0 Å². The summed E-state index contributed by atoms with van der Waals surface area (Å²) < 4.78 is 38.8. The van der Waals surface area contributed by atoms with Crippen molar-refractivity contribution in [3.05, 3.63) is 95.0 Å². The van der Waals surface area contributed by atoms with E-state index in [2.05, 4.69) is 10.6 Å². The Kier molecular flexibility index (Phi) is 11.3. The first-order chi connectivity index (χ1) is 19.8. The topological polar surface area (TPSA) is 131 Å². The Balaban J connectivity index is 1.62. The number of hydrogen-bond donors (Lipinski definition) is 2. The zero-order valence-electron chi connectivity index (χ0n) is 23.6. The molecule has 0 aromatic heterocycles. The fourth-order valence-corrected chi connectivity index (χ4v) is 5.35. The lowest BCUT2D eigenvalue weighted by atomic mass is 10.2. The number of sulfonamides is 1. The third-order valence-corrected chi connectivity index (χ3v) is 7.60. The highest BCUT2D eigenvalue weighted by Crippen LogP contribution is 2.27. The van der Waals surface area contributed by atoms with Gasteiger partial charge in [-0.15, -0.1) is 0 Å². The van der Waals surface area contributed by atoms with Gasteiger partial charge in [-0.05, 0) is 69.2 Å². The lowest BCUT2D eigenvalue weighted by Gasteiger charge is -2.26. The third-order valence-electron chi connectivity index (χ3n) is 5.59. The minimum Gasteiger partial charge on any atom is -0.459 e. The molecule has 0 bridgehead atoms. The molecule has 0 saturated heterocycles. The van der Waals surface area contributed by atoms with E-state index in [4.69, 9.17) is 21.1 Å². The molecule has 0 saturated carbocycles. The van der Waals surface area contributed by atoms with Gasteiger partial charge in [-0.2, -0.15) is 0 Å². The Morgan fingerprint density at radius 1 is 0.881 bits per heavy atom. The number of carbonyl (C=O) groups is 3. The van der Waals surface area contributed by atoms with Crippen molar-refractivity contribution in [2.24, 2.45) is 0 Å². The van der Waals surface area contributed by atoms with Gasteiger partial charge in [0.15, 0.2) is 0 Å². The molecule has 0 heterocycles. The Morgan fingerprint density at radius 3 is 2.26 bits per heavy atom. The number of ether oxygens (including phenoxy) is 2. The zero-order valence-corrected chi connectivity index (χ0v) is 25.2. The molecule has 3 rings (SSSR count). The summed E-state index contributed by atoms with van der Waals surface area (Å²) in [4.78, 5) is 37.1. The molecular weight excluding hydrogens is 582 g/mol. The number of carbonyl (C=O) groups excluding carboxylic acids is 3. The van der Waals surface area contributed by atoms with Gasteiger partial charge in [0.05, 0.1) is 10.6 Å². The average molecular weight is 616 g/mol. The summed E-state index contributed by atoms with van der Waals surface area (Å²) in [5.74, 6) is -1.25. The molecule has 224 valence electrons. The van der Waals surface area contributed by atoms with Crippen molar-refractivity contribution in [2.45, 2.75) is 44.3 Å². The highest BCUT2D eigenvalue weighted by Gasteiger charge is 2.30. The van der Waals surface area contributed by atoms with Crippen LogP contribution in [0.15, 0.2) is 83.8 Å². The number of esters is 1. The van der Waals surface area contributed by atoms with Gasteiger partial charge < -0.3 is 20.1 Å². The summed E-state index contributed by atoms with van der Waals surface area (Å²) in [7, 11) is -4.31. The minimum absolute atomic E-state index is 0.106. The molecule has 2 N–H and O–H groups in total. The molecule has 2 amide bonds.